The summed E-state index contributed by atoms with van der Waals surface area (Å²) in [5.74, 6) is 0.591. The van der Waals surface area contributed by atoms with Crippen LogP contribution in [0.25, 0.3) is 10.2 Å². The highest BCUT2D eigenvalue weighted by Crippen LogP contribution is 2.36. The van der Waals surface area contributed by atoms with E-state index in [2.05, 4.69) is 4.98 Å². The van der Waals surface area contributed by atoms with Crippen molar-refractivity contribution in [2.24, 2.45) is 0 Å². The zero-order valence-electron chi connectivity index (χ0n) is 9.51. The minimum absolute atomic E-state index is 0.345. The zero-order chi connectivity index (χ0) is 12.4. The van der Waals surface area contributed by atoms with Gasteiger partial charge >= 0.3 is 0 Å². The molecule has 0 bridgehead atoms. The third-order valence-corrected chi connectivity index (χ3v) is 3.50. The molecule has 2 rings (SSSR count). The maximum atomic E-state index is 9.76. The van der Waals surface area contributed by atoms with Gasteiger partial charge in [-0.05, 0) is 6.07 Å². The van der Waals surface area contributed by atoms with Gasteiger partial charge in [0.15, 0.2) is 0 Å². The van der Waals surface area contributed by atoms with Crippen LogP contribution >= 0.6 is 11.3 Å². The van der Waals surface area contributed by atoms with Crippen molar-refractivity contribution in [1.29, 1.82) is 0 Å². The van der Waals surface area contributed by atoms with Crippen molar-refractivity contribution in [3.05, 3.63) is 17.7 Å². The monoisotopic (exact) mass is 255 g/mol. The van der Waals surface area contributed by atoms with Crippen molar-refractivity contribution in [3.63, 3.8) is 0 Å². The van der Waals surface area contributed by atoms with E-state index in [9.17, 15) is 5.11 Å². The normalized spacial score (nSPS) is 12.7. The maximum Gasteiger partial charge on any atom is 0.274 e. The Labute approximate surface area is 102 Å². The summed E-state index contributed by atoms with van der Waals surface area (Å²) in [6.45, 7) is -0.345. The first-order valence-corrected chi connectivity index (χ1v) is 5.82. The molecule has 0 spiro atoms. The molecule has 0 saturated carbocycles. The molecule has 1 unspecified atom stereocenters. The van der Waals surface area contributed by atoms with Crippen LogP contribution in [0.5, 0.6) is 10.9 Å². The summed E-state index contributed by atoms with van der Waals surface area (Å²) in [5.41, 5.74) is 1.29. The van der Waals surface area contributed by atoms with Crippen LogP contribution in [0.4, 0.5) is 0 Å². The molecule has 0 aliphatic rings. The molecule has 0 aliphatic heterocycles. The molecule has 0 fully saturated rings. The van der Waals surface area contributed by atoms with E-state index in [1.54, 1.807) is 19.2 Å². The number of nitrogens with zero attached hydrogens (tertiary/aromatic N) is 1. The first kappa shape index (κ1) is 12.1. The van der Waals surface area contributed by atoms with Crippen LogP contribution in [0.2, 0.25) is 0 Å². The molecule has 2 N–H and O–H groups in total. The number of aliphatic hydroxyl groups excluding tert-OH is 2. The molecule has 1 atom stereocenters. The molecule has 0 radical (unpaired) electrons. The Morgan fingerprint density at radius 2 is 2.12 bits per heavy atom. The van der Waals surface area contributed by atoms with Gasteiger partial charge in [0.1, 0.15) is 11.9 Å². The molecule has 1 aromatic carbocycles. The van der Waals surface area contributed by atoms with Crippen molar-refractivity contribution < 1.29 is 19.7 Å². The van der Waals surface area contributed by atoms with E-state index in [1.807, 2.05) is 0 Å². The van der Waals surface area contributed by atoms with E-state index in [4.69, 9.17) is 14.6 Å². The average Bonchev–Trinajstić information content (AvgIpc) is 2.79. The predicted molar refractivity (Wildman–Crippen MR) is 64.8 cm³/mol. The smallest absolute Gasteiger partial charge is 0.274 e. The Balaban J connectivity index is 2.64. The quantitative estimate of drug-likeness (QED) is 0.862. The lowest BCUT2D eigenvalue weighted by Gasteiger charge is -2.10. The highest BCUT2D eigenvalue weighted by atomic mass is 32.1. The van der Waals surface area contributed by atoms with Crippen LogP contribution in [-0.2, 0) is 0 Å². The van der Waals surface area contributed by atoms with Gasteiger partial charge in [-0.3, -0.25) is 0 Å². The second kappa shape index (κ2) is 4.87. The van der Waals surface area contributed by atoms with Crippen LogP contribution in [0, 0.1) is 0 Å². The SMILES string of the molecule is COc1cc(C(O)CO)c2sc(OC)nc2c1. The first-order valence-electron chi connectivity index (χ1n) is 5.01. The van der Waals surface area contributed by atoms with Gasteiger partial charge in [0.25, 0.3) is 5.19 Å². The van der Waals surface area contributed by atoms with Gasteiger partial charge in [-0.1, -0.05) is 11.3 Å². The second-order valence-electron chi connectivity index (χ2n) is 3.45. The zero-order valence-corrected chi connectivity index (χ0v) is 10.3. The lowest BCUT2D eigenvalue weighted by Crippen LogP contribution is -2.03. The number of aromatic nitrogens is 1. The standard InChI is InChI=1S/C11H13NO4S/c1-15-6-3-7(9(14)5-13)10-8(4-6)12-11(16-2)17-10/h3-4,9,13-14H,5H2,1-2H3. The van der Waals surface area contributed by atoms with Gasteiger partial charge in [-0.15, -0.1) is 0 Å². The third-order valence-electron chi connectivity index (χ3n) is 2.41. The van der Waals surface area contributed by atoms with E-state index in [1.165, 1.54) is 18.4 Å². The number of thiazole rings is 1. The Morgan fingerprint density at radius 1 is 1.35 bits per heavy atom. The fraction of sp³-hybridized carbons (Fsp3) is 0.364. The molecule has 0 aliphatic carbocycles. The number of hydrogen-bond donors (Lipinski definition) is 2. The first-order chi connectivity index (χ1) is 8.19. The number of rotatable bonds is 4. The number of benzene rings is 1. The van der Waals surface area contributed by atoms with Crippen LogP contribution in [0.3, 0.4) is 0 Å². The van der Waals surface area contributed by atoms with E-state index in [0.717, 1.165) is 4.70 Å². The lowest BCUT2D eigenvalue weighted by atomic mass is 10.1. The molecule has 2 aromatic rings. The Bertz CT molecular complexity index is 525. The molecular weight excluding hydrogens is 242 g/mol. The highest BCUT2D eigenvalue weighted by Gasteiger charge is 2.16. The fourth-order valence-corrected chi connectivity index (χ4v) is 2.49. The topological polar surface area (TPSA) is 71.8 Å². The average molecular weight is 255 g/mol. The Morgan fingerprint density at radius 3 is 2.71 bits per heavy atom. The molecule has 1 heterocycles. The molecule has 17 heavy (non-hydrogen) atoms. The molecule has 92 valence electrons. The summed E-state index contributed by atoms with van der Waals surface area (Å²) in [5, 5.41) is 19.3. The van der Waals surface area contributed by atoms with Crippen LogP contribution in [0.15, 0.2) is 12.1 Å². The Kier molecular flexibility index (Phi) is 3.46. The maximum absolute atomic E-state index is 9.76. The minimum Gasteiger partial charge on any atom is -0.497 e. The van der Waals surface area contributed by atoms with Crippen molar-refractivity contribution in [2.45, 2.75) is 6.10 Å². The summed E-state index contributed by atoms with van der Waals surface area (Å²) < 4.78 is 11.0. The van der Waals surface area contributed by atoms with Crippen molar-refractivity contribution >= 4 is 21.6 Å². The van der Waals surface area contributed by atoms with Crippen LogP contribution in [-0.4, -0.2) is 36.0 Å². The van der Waals surface area contributed by atoms with Gasteiger partial charge in [0.05, 0.1) is 31.0 Å². The van der Waals surface area contributed by atoms with Gasteiger partial charge in [-0.2, -0.15) is 0 Å². The lowest BCUT2D eigenvalue weighted by molar-refractivity contribution is 0.0967. The predicted octanol–water partition coefficient (Wildman–Crippen LogP) is 1.34. The van der Waals surface area contributed by atoms with E-state index in [0.29, 0.717) is 22.0 Å². The summed E-state index contributed by atoms with van der Waals surface area (Å²) in [6, 6.07) is 3.46. The van der Waals surface area contributed by atoms with E-state index >= 15 is 0 Å². The summed E-state index contributed by atoms with van der Waals surface area (Å²) in [4.78, 5) is 4.24. The molecule has 1 aromatic heterocycles. The number of fused-ring (bicyclic) bond motifs is 1. The molecule has 0 saturated heterocycles. The third kappa shape index (κ3) is 2.19. The van der Waals surface area contributed by atoms with Crippen molar-refractivity contribution in [1.82, 2.24) is 4.98 Å². The van der Waals surface area contributed by atoms with Crippen LogP contribution in [0.1, 0.15) is 11.7 Å². The molecule has 6 heteroatoms. The summed E-state index contributed by atoms with van der Waals surface area (Å²) in [7, 11) is 3.08. The van der Waals surface area contributed by atoms with E-state index < -0.39 is 6.10 Å². The van der Waals surface area contributed by atoms with Gasteiger partial charge in [0, 0.05) is 11.6 Å². The van der Waals surface area contributed by atoms with Crippen LogP contribution < -0.4 is 9.47 Å². The molecule has 0 amide bonds. The fourth-order valence-electron chi connectivity index (χ4n) is 1.56. The van der Waals surface area contributed by atoms with Gasteiger partial charge in [0.2, 0.25) is 0 Å². The largest absolute Gasteiger partial charge is 0.497 e. The summed E-state index contributed by atoms with van der Waals surface area (Å²) in [6.07, 6.45) is -0.947. The molecule has 5 nitrogen and oxygen atoms in total. The number of ether oxygens (including phenoxy) is 2. The highest BCUT2D eigenvalue weighted by molar-refractivity contribution is 7.20. The Hall–Kier alpha value is -1.37. The minimum atomic E-state index is -0.947. The number of methoxy groups -OCH3 is 2. The second-order valence-corrected chi connectivity index (χ2v) is 4.41. The molecular formula is C11H13NO4S. The van der Waals surface area contributed by atoms with E-state index in [-0.39, 0.29) is 6.61 Å². The van der Waals surface area contributed by atoms with Crippen molar-refractivity contribution in [3.8, 4) is 10.9 Å². The number of hydrogen-bond acceptors (Lipinski definition) is 6. The van der Waals surface area contributed by atoms with Gasteiger partial charge in [-0.25, -0.2) is 4.98 Å². The van der Waals surface area contributed by atoms with Crippen molar-refractivity contribution in [2.75, 3.05) is 20.8 Å². The van der Waals surface area contributed by atoms with Gasteiger partial charge < -0.3 is 19.7 Å². The summed E-state index contributed by atoms with van der Waals surface area (Å²) >= 11 is 1.33. The number of aliphatic hydroxyl groups is 2.